The van der Waals surface area contributed by atoms with Gasteiger partial charge in [-0.2, -0.15) is 5.26 Å². The summed E-state index contributed by atoms with van der Waals surface area (Å²) in [5, 5.41) is 9.17. The predicted molar refractivity (Wildman–Crippen MR) is 98.1 cm³/mol. The van der Waals surface area contributed by atoms with E-state index in [1.807, 2.05) is 26.0 Å². The number of likely N-dealkylation sites (tertiary alicyclic amines) is 1. The maximum absolute atomic E-state index is 9.17. The molecule has 26 heavy (non-hydrogen) atoms. The Morgan fingerprint density at radius 1 is 1.31 bits per heavy atom. The molecule has 1 fully saturated rings. The van der Waals surface area contributed by atoms with Gasteiger partial charge in [0.25, 0.3) is 0 Å². The zero-order chi connectivity index (χ0) is 18.7. The Bertz CT molecular complexity index is 822. The maximum Gasteiger partial charge on any atom is 0.230 e. The number of methoxy groups -OCH3 is 2. The summed E-state index contributed by atoms with van der Waals surface area (Å²) in [6.07, 6.45) is 2.03. The molecule has 2 aromatic rings. The van der Waals surface area contributed by atoms with Crippen LogP contribution in [0.2, 0.25) is 0 Å². The molecule has 0 bridgehead atoms. The van der Waals surface area contributed by atoms with Gasteiger partial charge in [0.2, 0.25) is 5.89 Å². The summed E-state index contributed by atoms with van der Waals surface area (Å²) in [7, 11) is 3.28. The third-order valence-electron chi connectivity index (χ3n) is 4.96. The molecule has 1 aliphatic heterocycles. The first-order valence-electron chi connectivity index (χ1n) is 8.87. The molecule has 0 aliphatic carbocycles. The van der Waals surface area contributed by atoms with Gasteiger partial charge in [-0.1, -0.05) is 0 Å². The van der Waals surface area contributed by atoms with Gasteiger partial charge in [0.15, 0.2) is 0 Å². The number of benzene rings is 1. The number of aryl methyl sites for hydroxylation is 1. The summed E-state index contributed by atoms with van der Waals surface area (Å²) in [6, 6.07) is 6.19. The average Bonchev–Trinajstić information content (AvgIpc) is 3.01. The van der Waals surface area contributed by atoms with Crippen molar-refractivity contribution < 1.29 is 13.9 Å². The van der Waals surface area contributed by atoms with Crippen molar-refractivity contribution in [2.24, 2.45) is 5.92 Å². The second-order valence-electron chi connectivity index (χ2n) is 6.70. The van der Waals surface area contributed by atoms with Crippen molar-refractivity contribution in [1.82, 2.24) is 9.88 Å². The number of nitriles is 1. The Hall–Kier alpha value is -2.52. The van der Waals surface area contributed by atoms with Gasteiger partial charge in [0.1, 0.15) is 17.3 Å². The van der Waals surface area contributed by atoms with Crippen LogP contribution in [0.4, 0.5) is 0 Å². The van der Waals surface area contributed by atoms with Gasteiger partial charge in [0.05, 0.1) is 37.5 Å². The molecule has 1 aromatic heterocycles. The van der Waals surface area contributed by atoms with Crippen LogP contribution in [-0.2, 0) is 6.54 Å². The van der Waals surface area contributed by atoms with E-state index in [1.54, 1.807) is 14.2 Å². The highest BCUT2D eigenvalue weighted by molar-refractivity contribution is 5.68. The Labute approximate surface area is 154 Å². The molecule has 0 amide bonds. The van der Waals surface area contributed by atoms with E-state index in [0.717, 1.165) is 54.3 Å². The third kappa shape index (κ3) is 3.54. The van der Waals surface area contributed by atoms with Crippen molar-refractivity contribution >= 4 is 0 Å². The molecule has 2 heterocycles. The molecule has 0 spiro atoms. The lowest BCUT2D eigenvalue weighted by atomic mass is 9.99. The molecule has 1 aromatic carbocycles. The lowest BCUT2D eigenvalue weighted by molar-refractivity contribution is 0.189. The van der Waals surface area contributed by atoms with Gasteiger partial charge in [-0.15, -0.1) is 0 Å². The SMILES string of the molecule is COc1ccc(-c2nc(CN3CCCC(C#N)C3)c(C)o2)c(OC)c1C. The number of nitrogens with zero attached hydrogens (tertiary/aromatic N) is 3. The number of rotatable bonds is 5. The summed E-state index contributed by atoms with van der Waals surface area (Å²) < 4.78 is 16.9. The van der Waals surface area contributed by atoms with Crippen molar-refractivity contribution in [3.63, 3.8) is 0 Å². The highest BCUT2D eigenvalue weighted by Crippen LogP contribution is 2.38. The molecule has 0 radical (unpaired) electrons. The zero-order valence-corrected chi connectivity index (χ0v) is 15.8. The lowest BCUT2D eigenvalue weighted by Crippen LogP contribution is -2.34. The molecule has 1 atom stereocenters. The monoisotopic (exact) mass is 355 g/mol. The molecule has 138 valence electrons. The summed E-state index contributed by atoms with van der Waals surface area (Å²) >= 11 is 0. The van der Waals surface area contributed by atoms with Crippen molar-refractivity contribution in [2.75, 3.05) is 27.3 Å². The van der Waals surface area contributed by atoms with E-state index in [1.165, 1.54) is 0 Å². The van der Waals surface area contributed by atoms with Gasteiger partial charge >= 0.3 is 0 Å². The first-order valence-corrected chi connectivity index (χ1v) is 8.87. The average molecular weight is 355 g/mol. The van der Waals surface area contributed by atoms with Crippen LogP contribution in [0.25, 0.3) is 11.5 Å². The van der Waals surface area contributed by atoms with Crippen LogP contribution in [0.3, 0.4) is 0 Å². The number of aromatic nitrogens is 1. The minimum atomic E-state index is 0.111. The van der Waals surface area contributed by atoms with Crippen LogP contribution in [0.1, 0.15) is 29.9 Å². The number of piperidine rings is 1. The first kappa shape index (κ1) is 18.3. The van der Waals surface area contributed by atoms with Crippen molar-refractivity contribution in [3.05, 3.63) is 29.2 Å². The van der Waals surface area contributed by atoms with Gasteiger partial charge in [-0.3, -0.25) is 4.90 Å². The van der Waals surface area contributed by atoms with E-state index in [2.05, 4.69) is 11.0 Å². The van der Waals surface area contributed by atoms with Gasteiger partial charge in [-0.05, 0) is 45.4 Å². The maximum atomic E-state index is 9.17. The summed E-state index contributed by atoms with van der Waals surface area (Å²) in [6.45, 7) is 6.37. The molecule has 3 rings (SSSR count). The van der Waals surface area contributed by atoms with E-state index in [0.29, 0.717) is 18.2 Å². The second-order valence-corrected chi connectivity index (χ2v) is 6.70. The highest BCUT2D eigenvalue weighted by Gasteiger charge is 2.23. The molecule has 6 heteroatoms. The summed E-state index contributed by atoms with van der Waals surface area (Å²) in [4.78, 5) is 7.00. The minimum absolute atomic E-state index is 0.111. The molecule has 6 nitrogen and oxygen atoms in total. The fourth-order valence-corrected chi connectivity index (χ4v) is 3.53. The van der Waals surface area contributed by atoms with Gasteiger partial charge in [-0.25, -0.2) is 4.98 Å². The van der Waals surface area contributed by atoms with Crippen LogP contribution >= 0.6 is 0 Å². The normalized spacial score (nSPS) is 17.7. The molecule has 1 aliphatic rings. The van der Waals surface area contributed by atoms with Crippen molar-refractivity contribution in [3.8, 4) is 29.0 Å². The topological polar surface area (TPSA) is 71.5 Å². The van der Waals surface area contributed by atoms with E-state index >= 15 is 0 Å². The Morgan fingerprint density at radius 2 is 2.12 bits per heavy atom. The van der Waals surface area contributed by atoms with Gasteiger partial charge < -0.3 is 13.9 Å². The molecule has 0 N–H and O–H groups in total. The van der Waals surface area contributed by atoms with Crippen LogP contribution < -0.4 is 9.47 Å². The minimum Gasteiger partial charge on any atom is -0.496 e. The fourth-order valence-electron chi connectivity index (χ4n) is 3.53. The van der Waals surface area contributed by atoms with Crippen molar-refractivity contribution in [1.29, 1.82) is 5.26 Å². The number of hydrogen-bond acceptors (Lipinski definition) is 6. The quantitative estimate of drug-likeness (QED) is 0.814. The van der Waals surface area contributed by atoms with Crippen LogP contribution in [0.15, 0.2) is 16.5 Å². The summed E-state index contributed by atoms with van der Waals surface area (Å²) in [5.74, 6) is 2.94. The number of ether oxygens (including phenoxy) is 2. The molecule has 1 unspecified atom stereocenters. The van der Waals surface area contributed by atoms with E-state index in [-0.39, 0.29) is 5.92 Å². The van der Waals surface area contributed by atoms with E-state index < -0.39 is 0 Å². The molecule has 0 saturated carbocycles. The smallest absolute Gasteiger partial charge is 0.230 e. The Kier molecular flexibility index (Phi) is 5.48. The van der Waals surface area contributed by atoms with E-state index in [4.69, 9.17) is 18.9 Å². The van der Waals surface area contributed by atoms with Gasteiger partial charge in [0, 0.05) is 18.7 Å². The largest absolute Gasteiger partial charge is 0.496 e. The number of hydrogen-bond donors (Lipinski definition) is 0. The predicted octanol–water partition coefficient (Wildman–Crippen LogP) is 3.71. The van der Waals surface area contributed by atoms with Crippen LogP contribution in [0.5, 0.6) is 11.5 Å². The number of oxazole rings is 1. The standard InChI is InChI=1S/C20H25N3O3/c1-13-18(24-3)8-7-16(19(13)25-4)20-22-17(14(2)26-20)12-23-9-5-6-15(10-21)11-23/h7-8,15H,5-6,9,11-12H2,1-4H3. The van der Waals surface area contributed by atoms with Crippen LogP contribution in [-0.4, -0.2) is 37.2 Å². The Balaban J connectivity index is 1.87. The molecular formula is C20H25N3O3. The first-order chi connectivity index (χ1) is 12.6. The van der Waals surface area contributed by atoms with E-state index in [9.17, 15) is 5.26 Å². The molecule has 1 saturated heterocycles. The highest BCUT2D eigenvalue weighted by atomic mass is 16.5. The lowest BCUT2D eigenvalue weighted by Gasteiger charge is -2.28. The van der Waals surface area contributed by atoms with Crippen LogP contribution in [0, 0.1) is 31.1 Å². The van der Waals surface area contributed by atoms with Crippen molar-refractivity contribution in [2.45, 2.75) is 33.2 Å². The third-order valence-corrected chi connectivity index (χ3v) is 4.96. The molecular weight excluding hydrogens is 330 g/mol. The fraction of sp³-hybridized carbons (Fsp3) is 0.500. The Morgan fingerprint density at radius 3 is 2.81 bits per heavy atom. The zero-order valence-electron chi connectivity index (χ0n) is 15.8. The second kappa shape index (κ2) is 7.79. The summed E-state index contributed by atoms with van der Waals surface area (Å²) in [5.41, 5.74) is 2.64.